The fourth-order valence-electron chi connectivity index (χ4n) is 8.30. The van der Waals surface area contributed by atoms with Gasteiger partial charge >= 0.3 is 6.09 Å². The van der Waals surface area contributed by atoms with E-state index in [1.165, 1.54) is 5.56 Å². The van der Waals surface area contributed by atoms with Crippen LogP contribution in [0.15, 0.2) is 66.7 Å². The summed E-state index contributed by atoms with van der Waals surface area (Å²) in [5.74, 6) is -0.131. The Morgan fingerprint density at radius 1 is 0.830 bits per heavy atom. The van der Waals surface area contributed by atoms with Crippen molar-refractivity contribution in [3.63, 3.8) is 0 Å². The number of aromatic hydroxyl groups is 1. The predicted octanol–water partition coefficient (Wildman–Crippen LogP) is 6.94. The van der Waals surface area contributed by atoms with Crippen molar-refractivity contribution in [2.24, 2.45) is 7.05 Å². The summed E-state index contributed by atoms with van der Waals surface area (Å²) in [4.78, 5) is 49.8. The lowest BCUT2D eigenvalue weighted by atomic mass is 9.90. The molecule has 53 heavy (non-hydrogen) atoms. The summed E-state index contributed by atoms with van der Waals surface area (Å²) < 4.78 is 8.03. The molecule has 0 bridgehead atoms. The molecule has 10 nitrogen and oxygen atoms in total. The quantitative estimate of drug-likeness (QED) is 0.232. The molecule has 1 fully saturated rings. The van der Waals surface area contributed by atoms with Crippen LogP contribution in [-0.4, -0.2) is 88.2 Å². The number of carbonyl (C=O) groups excluding carboxylic acids is 3. The topological polar surface area (TPSA) is 98.6 Å². The van der Waals surface area contributed by atoms with Crippen molar-refractivity contribution in [1.29, 1.82) is 0 Å². The van der Waals surface area contributed by atoms with Crippen LogP contribution in [-0.2, 0) is 37.7 Å². The second-order valence-corrected chi connectivity index (χ2v) is 15.3. The number of anilines is 1. The summed E-state index contributed by atoms with van der Waals surface area (Å²) in [6.45, 7) is 5.42. The minimum Gasteiger partial charge on any atom is -0.508 e. The molecule has 3 aliphatic rings. The van der Waals surface area contributed by atoms with Crippen molar-refractivity contribution in [1.82, 2.24) is 19.3 Å². The third kappa shape index (κ3) is 7.17. The van der Waals surface area contributed by atoms with Gasteiger partial charge in [0.2, 0.25) is 0 Å². The van der Waals surface area contributed by atoms with E-state index in [-0.39, 0.29) is 35.8 Å². The van der Waals surface area contributed by atoms with Gasteiger partial charge in [-0.3, -0.25) is 9.59 Å². The highest BCUT2D eigenvalue weighted by Crippen LogP contribution is 2.36. The highest BCUT2D eigenvalue weighted by molar-refractivity contribution is 6.08. The number of rotatable bonds is 6. The molecule has 1 aromatic heterocycles. The molecule has 278 valence electrons. The second-order valence-electron chi connectivity index (χ2n) is 15.3. The number of ether oxygens (including phenoxy) is 1. The largest absolute Gasteiger partial charge is 0.508 e. The van der Waals surface area contributed by atoms with Crippen LogP contribution in [0.4, 0.5) is 10.5 Å². The maximum Gasteiger partial charge on any atom is 0.410 e. The minimum atomic E-state index is -0.291. The van der Waals surface area contributed by atoms with Gasteiger partial charge in [-0.1, -0.05) is 24.3 Å². The summed E-state index contributed by atoms with van der Waals surface area (Å²) in [7, 11) is 7.86. The van der Waals surface area contributed by atoms with Gasteiger partial charge in [0.25, 0.3) is 11.8 Å². The first-order chi connectivity index (χ1) is 25.4. The normalized spacial score (nSPS) is 19.8. The zero-order valence-corrected chi connectivity index (χ0v) is 31.8. The van der Waals surface area contributed by atoms with Gasteiger partial charge in [0, 0.05) is 74.0 Å². The standard InChI is InChI=1S/C43H51N5O5/c1-27-21-29-9-7-8-10-31(29)26-48(27)42(51)39-23-32-25-47(43(52)53-36-17-13-33(14-18-36)44(3)4)20-19-30(32)22-38(39)40-24-37(28(2)45(40)5)41(50)46(6)34-11-15-35(49)16-12-34/h7-12,15-16,22-24,27,33,36,49H,13-14,17-21,25-26H2,1-6H3/t27-,33?,36?/m1/s1. The first-order valence-corrected chi connectivity index (χ1v) is 18.8. The van der Waals surface area contributed by atoms with Crippen LogP contribution < -0.4 is 4.90 Å². The van der Waals surface area contributed by atoms with Crippen molar-refractivity contribution >= 4 is 23.6 Å². The Bertz CT molecular complexity index is 2030. The van der Waals surface area contributed by atoms with Crippen LogP contribution in [0, 0.1) is 6.92 Å². The fourth-order valence-corrected chi connectivity index (χ4v) is 8.30. The third-order valence-electron chi connectivity index (χ3n) is 11.8. The van der Waals surface area contributed by atoms with E-state index in [2.05, 4.69) is 44.1 Å². The molecule has 10 heteroatoms. The lowest BCUT2D eigenvalue weighted by Gasteiger charge is -2.36. The van der Waals surface area contributed by atoms with E-state index in [1.54, 1.807) is 41.1 Å². The Morgan fingerprint density at radius 2 is 1.53 bits per heavy atom. The monoisotopic (exact) mass is 717 g/mol. The van der Waals surface area contributed by atoms with Gasteiger partial charge in [0.1, 0.15) is 11.9 Å². The first-order valence-electron chi connectivity index (χ1n) is 18.8. The van der Waals surface area contributed by atoms with Gasteiger partial charge < -0.3 is 34.0 Å². The molecule has 7 rings (SSSR count). The van der Waals surface area contributed by atoms with Crippen molar-refractivity contribution in [2.75, 3.05) is 32.6 Å². The molecule has 1 saturated carbocycles. The van der Waals surface area contributed by atoms with Crippen LogP contribution in [0.1, 0.15) is 81.3 Å². The Labute approximate surface area is 312 Å². The number of hydrogen-bond donors (Lipinski definition) is 1. The number of hydrogen-bond acceptors (Lipinski definition) is 6. The summed E-state index contributed by atoms with van der Waals surface area (Å²) in [6, 6.07) is 21.3. The van der Waals surface area contributed by atoms with Crippen molar-refractivity contribution in [3.8, 4) is 17.0 Å². The molecule has 0 spiro atoms. The van der Waals surface area contributed by atoms with Gasteiger partial charge in [0.05, 0.1) is 5.56 Å². The first kappa shape index (κ1) is 36.3. The molecule has 4 aromatic rings. The highest BCUT2D eigenvalue weighted by Gasteiger charge is 2.33. The van der Waals surface area contributed by atoms with Gasteiger partial charge in [-0.15, -0.1) is 0 Å². The van der Waals surface area contributed by atoms with E-state index in [0.717, 1.165) is 65.7 Å². The molecule has 3 heterocycles. The molecule has 1 aliphatic carbocycles. The van der Waals surface area contributed by atoms with Crippen molar-refractivity contribution in [2.45, 2.75) is 83.6 Å². The Balaban J connectivity index is 1.22. The molecule has 3 aromatic carbocycles. The molecule has 0 unspecified atom stereocenters. The lowest BCUT2D eigenvalue weighted by molar-refractivity contribution is 0.0309. The Hall–Kier alpha value is -5.09. The SMILES string of the molecule is Cc1c(C(=O)N(C)c2ccc(O)cc2)cc(-c2cc3c(cc2C(=O)N2Cc4ccccc4C[C@H]2C)CN(C(=O)OC2CCC(N(C)C)CC2)CC3)n1C. The van der Waals surface area contributed by atoms with Crippen molar-refractivity contribution < 1.29 is 24.2 Å². The maximum absolute atomic E-state index is 14.8. The van der Waals surface area contributed by atoms with Crippen LogP contribution in [0.3, 0.4) is 0 Å². The molecule has 1 atom stereocenters. The zero-order valence-electron chi connectivity index (χ0n) is 31.8. The number of carbonyl (C=O) groups is 3. The van der Waals surface area contributed by atoms with Crippen molar-refractivity contribution in [3.05, 3.63) is 106 Å². The lowest BCUT2D eigenvalue weighted by Crippen LogP contribution is -2.43. The van der Waals surface area contributed by atoms with E-state index >= 15 is 0 Å². The third-order valence-corrected chi connectivity index (χ3v) is 11.8. The van der Waals surface area contributed by atoms with Gasteiger partial charge in [-0.2, -0.15) is 0 Å². The van der Waals surface area contributed by atoms with E-state index < -0.39 is 0 Å². The van der Waals surface area contributed by atoms with E-state index in [9.17, 15) is 19.5 Å². The molecule has 0 radical (unpaired) electrons. The van der Waals surface area contributed by atoms with Crippen LogP contribution in [0.2, 0.25) is 0 Å². The van der Waals surface area contributed by atoms with E-state index in [1.807, 2.05) is 47.7 Å². The Kier molecular flexibility index (Phi) is 10.1. The number of amides is 3. The average Bonchev–Trinajstić information content (AvgIpc) is 3.46. The second kappa shape index (κ2) is 14.7. The number of benzene rings is 3. The zero-order chi connectivity index (χ0) is 37.6. The summed E-state index contributed by atoms with van der Waals surface area (Å²) in [5.41, 5.74) is 8.49. The Morgan fingerprint density at radius 3 is 2.23 bits per heavy atom. The number of nitrogens with zero attached hydrogens (tertiary/aromatic N) is 5. The summed E-state index contributed by atoms with van der Waals surface area (Å²) in [6.07, 6.45) is 4.79. The van der Waals surface area contributed by atoms with E-state index in [0.29, 0.717) is 48.9 Å². The molecular formula is C43H51N5O5. The van der Waals surface area contributed by atoms with E-state index in [4.69, 9.17) is 4.74 Å². The van der Waals surface area contributed by atoms with Crippen LogP contribution >= 0.6 is 0 Å². The predicted molar refractivity (Wildman–Crippen MR) is 206 cm³/mol. The van der Waals surface area contributed by atoms with Crippen LogP contribution in [0.25, 0.3) is 11.3 Å². The molecule has 1 N–H and O–H groups in total. The van der Waals surface area contributed by atoms with Crippen LogP contribution in [0.5, 0.6) is 5.75 Å². The number of phenols is 1. The van der Waals surface area contributed by atoms with Gasteiger partial charge in [-0.25, -0.2) is 4.79 Å². The number of fused-ring (bicyclic) bond motifs is 2. The highest BCUT2D eigenvalue weighted by atomic mass is 16.6. The summed E-state index contributed by atoms with van der Waals surface area (Å²) in [5, 5.41) is 9.78. The summed E-state index contributed by atoms with van der Waals surface area (Å²) >= 11 is 0. The number of aromatic nitrogens is 1. The smallest absolute Gasteiger partial charge is 0.410 e. The average molecular weight is 718 g/mol. The molecule has 0 saturated heterocycles. The molecular weight excluding hydrogens is 667 g/mol. The fraction of sp³-hybridized carbons (Fsp3) is 0.419. The minimum absolute atomic E-state index is 0.0124. The maximum atomic E-state index is 14.8. The number of phenolic OH excluding ortho intramolecular Hbond substituents is 1. The molecule has 3 amide bonds. The molecule has 2 aliphatic heterocycles. The van der Waals surface area contributed by atoms with Gasteiger partial charge in [0.15, 0.2) is 0 Å². The van der Waals surface area contributed by atoms with Gasteiger partial charge in [-0.05, 0) is 131 Å².